The van der Waals surface area contributed by atoms with Crippen LogP contribution < -0.4 is 10.6 Å². The van der Waals surface area contributed by atoms with Crippen molar-refractivity contribution in [1.82, 2.24) is 15.3 Å². The van der Waals surface area contributed by atoms with Gasteiger partial charge in [0.15, 0.2) is 0 Å². The lowest BCUT2D eigenvalue weighted by Crippen LogP contribution is -2.24. The van der Waals surface area contributed by atoms with Crippen LogP contribution in [0.5, 0.6) is 0 Å². The van der Waals surface area contributed by atoms with Crippen molar-refractivity contribution in [2.24, 2.45) is 0 Å². The minimum absolute atomic E-state index is 0.284. The minimum Gasteiger partial charge on any atom is -0.341 e. The first-order valence-corrected chi connectivity index (χ1v) is 5.46. The number of rotatable bonds is 1. The van der Waals surface area contributed by atoms with E-state index < -0.39 is 0 Å². The van der Waals surface area contributed by atoms with Gasteiger partial charge in [0.25, 0.3) is 0 Å². The number of hydrogen-bond acceptors (Lipinski definition) is 3. The summed E-state index contributed by atoms with van der Waals surface area (Å²) in [5.41, 5.74) is 0. The van der Waals surface area contributed by atoms with Crippen LogP contribution in [0.1, 0.15) is 0 Å². The van der Waals surface area contributed by atoms with Crippen molar-refractivity contribution in [3.8, 4) is 0 Å². The van der Waals surface area contributed by atoms with Gasteiger partial charge in [-0.1, -0.05) is 23.2 Å². The van der Waals surface area contributed by atoms with E-state index in [2.05, 4.69) is 20.6 Å². The summed E-state index contributed by atoms with van der Waals surface area (Å²) in [5, 5.41) is 7.00. The van der Waals surface area contributed by atoms with Crippen LogP contribution in [0, 0.1) is 0 Å². The Morgan fingerprint density at radius 1 is 1.35 bits per heavy atom. The maximum atomic E-state index is 11.1. The molecule has 2 N–H and O–H groups in total. The summed E-state index contributed by atoms with van der Waals surface area (Å²) in [6, 6.07) is 2.98. The molecule has 2 heterocycles. The molecule has 17 heavy (non-hydrogen) atoms. The van der Waals surface area contributed by atoms with Crippen LogP contribution in [-0.4, -0.2) is 23.0 Å². The Labute approximate surface area is 107 Å². The van der Waals surface area contributed by atoms with E-state index >= 15 is 0 Å². The van der Waals surface area contributed by atoms with Gasteiger partial charge in [0.2, 0.25) is 0 Å². The second-order valence-electron chi connectivity index (χ2n) is 3.23. The van der Waals surface area contributed by atoms with Crippen molar-refractivity contribution in [1.29, 1.82) is 0 Å². The van der Waals surface area contributed by atoms with E-state index in [0.717, 1.165) is 5.39 Å². The van der Waals surface area contributed by atoms with Gasteiger partial charge in [-0.25, -0.2) is 14.8 Å². The number of amides is 2. The lowest BCUT2D eigenvalue weighted by Gasteiger charge is -2.05. The third kappa shape index (κ3) is 2.57. The van der Waals surface area contributed by atoms with Crippen molar-refractivity contribution >= 4 is 45.8 Å². The summed E-state index contributed by atoms with van der Waals surface area (Å²) < 4.78 is 0. The van der Waals surface area contributed by atoms with Gasteiger partial charge in [-0.15, -0.1) is 0 Å². The number of nitrogens with one attached hydrogen (secondary N) is 2. The Hall–Kier alpha value is -1.59. The van der Waals surface area contributed by atoms with Gasteiger partial charge in [-0.3, -0.25) is 5.32 Å². The Morgan fingerprint density at radius 3 is 2.82 bits per heavy atom. The molecule has 0 spiro atoms. The molecule has 2 amide bonds. The summed E-state index contributed by atoms with van der Waals surface area (Å²) >= 11 is 11.7. The second-order valence-corrected chi connectivity index (χ2v) is 3.98. The van der Waals surface area contributed by atoms with Crippen LogP contribution in [0.3, 0.4) is 0 Å². The zero-order chi connectivity index (χ0) is 12.4. The van der Waals surface area contributed by atoms with E-state index in [9.17, 15) is 4.79 Å². The normalized spacial score (nSPS) is 10.3. The van der Waals surface area contributed by atoms with E-state index in [-0.39, 0.29) is 11.2 Å². The summed E-state index contributed by atoms with van der Waals surface area (Å²) in [7, 11) is 1.52. The fourth-order valence-corrected chi connectivity index (χ4v) is 1.82. The minimum atomic E-state index is -0.344. The fraction of sp³-hybridized carbons (Fsp3) is 0.100. The number of pyridine rings is 2. The molecule has 0 aliphatic carbocycles. The molecule has 0 saturated heterocycles. The van der Waals surface area contributed by atoms with Crippen molar-refractivity contribution < 1.29 is 4.79 Å². The van der Waals surface area contributed by atoms with Crippen molar-refractivity contribution in [2.75, 3.05) is 12.4 Å². The molecule has 0 unspecified atom stereocenters. The Kier molecular flexibility index (Phi) is 3.31. The predicted octanol–water partition coefficient (Wildman–Crippen LogP) is 2.69. The molecule has 7 heteroatoms. The SMILES string of the molecule is CNC(=O)Nc1cc2cc(Cl)nc(Cl)c2cn1. The standard InChI is InChI=1S/C10H8Cl2N4O/c1-13-10(17)16-8-3-5-2-7(11)15-9(12)6(5)4-14-8/h2-4H,1H3,(H2,13,14,16,17). The zero-order valence-electron chi connectivity index (χ0n) is 8.79. The summed E-state index contributed by atoms with van der Waals surface area (Å²) in [5.74, 6) is 0.412. The predicted molar refractivity (Wildman–Crippen MR) is 67.6 cm³/mol. The van der Waals surface area contributed by atoms with Crippen molar-refractivity contribution in [3.05, 3.63) is 28.6 Å². The topological polar surface area (TPSA) is 66.9 Å². The largest absolute Gasteiger partial charge is 0.341 e. The number of fused-ring (bicyclic) bond motifs is 1. The molecule has 5 nitrogen and oxygen atoms in total. The first-order chi connectivity index (χ1) is 8.10. The van der Waals surface area contributed by atoms with Crippen LogP contribution in [0.4, 0.5) is 10.6 Å². The number of anilines is 1. The fourth-order valence-electron chi connectivity index (χ4n) is 1.32. The maximum Gasteiger partial charge on any atom is 0.320 e. The smallest absolute Gasteiger partial charge is 0.320 e. The van der Waals surface area contributed by atoms with E-state index in [1.54, 1.807) is 12.1 Å². The van der Waals surface area contributed by atoms with E-state index in [0.29, 0.717) is 16.4 Å². The monoisotopic (exact) mass is 270 g/mol. The van der Waals surface area contributed by atoms with Crippen LogP contribution in [0.25, 0.3) is 10.8 Å². The quantitative estimate of drug-likeness (QED) is 0.783. The number of carbonyl (C=O) groups excluding carboxylic acids is 1. The molecule has 0 aliphatic heterocycles. The summed E-state index contributed by atoms with van der Waals surface area (Å²) in [6.07, 6.45) is 1.53. The van der Waals surface area contributed by atoms with Crippen molar-refractivity contribution in [2.45, 2.75) is 0 Å². The third-order valence-electron chi connectivity index (χ3n) is 2.11. The third-order valence-corrected chi connectivity index (χ3v) is 2.59. The van der Waals surface area contributed by atoms with Crippen LogP contribution in [0.15, 0.2) is 18.3 Å². The molecule has 2 rings (SSSR count). The zero-order valence-corrected chi connectivity index (χ0v) is 10.3. The highest BCUT2D eigenvalue weighted by Gasteiger charge is 2.06. The van der Waals surface area contributed by atoms with Gasteiger partial charge in [0.1, 0.15) is 16.1 Å². The molecule has 0 radical (unpaired) electrons. The van der Waals surface area contributed by atoms with Gasteiger partial charge in [0.05, 0.1) is 0 Å². The molecule has 0 bridgehead atoms. The Bertz CT molecular complexity index is 588. The Balaban J connectivity index is 2.46. The molecule has 0 atom stereocenters. The van der Waals surface area contributed by atoms with Gasteiger partial charge in [-0.2, -0.15) is 0 Å². The highest BCUT2D eigenvalue weighted by molar-refractivity contribution is 6.36. The number of nitrogens with zero attached hydrogens (tertiary/aromatic N) is 2. The highest BCUT2D eigenvalue weighted by Crippen LogP contribution is 2.25. The van der Waals surface area contributed by atoms with Crippen LogP contribution in [-0.2, 0) is 0 Å². The van der Waals surface area contributed by atoms with E-state index in [1.165, 1.54) is 13.2 Å². The molecule has 2 aromatic heterocycles. The lowest BCUT2D eigenvalue weighted by molar-refractivity contribution is 0.254. The molecule has 0 aliphatic rings. The number of urea groups is 1. The highest BCUT2D eigenvalue weighted by atomic mass is 35.5. The molecular weight excluding hydrogens is 263 g/mol. The first kappa shape index (κ1) is 11.9. The van der Waals surface area contributed by atoms with E-state index in [1.807, 2.05) is 0 Å². The molecule has 0 aromatic carbocycles. The average molecular weight is 271 g/mol. The first-order valence-electron chi connectivity index (χ1n) is 4.70. The van der Waals surface area contributed by atoms with Crippen molar-refractivity contribution in [3.63, 3.8) is 0 Å². The van der Waals surface area contributed by atoms with Crippen LogP contribution in [0.2, 0.25) is 10.3 Å². The molecule has 88 valence electrons. The number of hydrogen-bond donors (Lipinski definition) is 2. The number of halogens is 2. The lowest BCUT2D eigenvalue weighted by atomic mass is 10.2. The van der Waals surface area contributed by atoms with Gasteiger partial charge < -0.3 is 5.32 Å². The molecule has 2 aromatic rings. The van der Waals surface area contributed by atoms with Crippen LogP contribution >= 0.6 is 23.2 Å². The molecule has 0 saturated carbocycles. The molecular formula is C10H8Cl2N4O. The Morgan fingerprint density at radius 2 is 2.12 bits per heavy atom. The van der Waals surface area contributed by atoms with Gasteiger partial charge in [-0.05, 0) is 17.5 Å². The summed E-state index contributed by atoms with van der Waals surface area (Å²) in [4.78, 5) is 19.1. The summed E-state index contributed by atoms with van der Waals surface area (Å²) in [6.45, 7) is 0. The molecule has 0 fully saturated rings. The van der Waals surface area contributed by atoms with Gasteiger partial charge >= 0.3 is 6.03 Å². The van der Waals surface area contributed by atoms with Gasteiger partial charge in [0, 0.05) is 18.6 Å². The number of carbonyl (C=O) groups is 1. The maximum absolute atomic E-state index is 11.1. The number of aromatic nitrogens is 2. The average Bonchev–Trinajstić information content (AvgIpc) is 2.28. The second kappa shape index (κ2) is 4.73. The van der Waals surface area contributed by atoms with E-state index in [4.69, 9.17) is 23.2 Å².